The Labute approximate surface area is 127 Å². The van der Waals surface area contributed by atoms with Crippen molar-refractivity contribution in [1.82, 2.24) is 0 Å². The van der Waals surface area contributed by atoms with E-state index in [1.807, 2.05) is 12.1 Å². The molecule has 0 saturated heterocycles. The Hall–Kier alpha value is -0.780. The first-order valence-corrected chi connectivity index (χ1v) is 7.93. The zero-order chi connectivity index (χ0) is 14.2. The minimum atomic E-state index is -0.554. The normalized spacial score (nSPS) is 21.8. The van der Waals surface area contributed by atoms with Gasteiger partial charge in [0, 0.05) is 12.0 Å². The van der Waals surface area contributed by atoms with Crippen LogP contribution in [-0.2, 0) is 0 Å². The van der Waals surface area contributed by atoms with Gasteiger partial charge in [0.2, 0.25) is 0 Å². The number of fused-ring (bicyclic) bond motifs is 1. The van der Waals surface area contributed by atoms with E-state index in [4.69, 9.17) is 15.2 Å². The molecule has 20 heavy (non-hydrogen) atoms. The van der Waals surface area contributed by atoms with Crippen LogP contribution in [0, 0.1) is 5.41 Å². The second kappa shape index (κ2) is 5.54. The molecule has 3 rings (SSSR count). The second-order valence-electron chi connectivity index (χ2n) is 5.70. The van der Waals surface area contributed by atoms with Crippen LogP contribution in [0.1, 0.15) is 37.4 Å². The van der Waals surface area contributed by atoms with E-state index in [0.29, 0.717) is 25.5 Å². The van der Waals surface area contributed by atoms with Crippen LogP contribution in [0.25, 0.3) is 0 Å². The topological polar surface area (TPSA) is 64.7 Å². The molecule has 1 aromatic carbocycles. The summed E-state index contributed by atoms with van der Waals surface area (Å²) in [5.74, 6) is 1.42. The molecule has 1 unspecified atom stereocenters. The zero-order valence-corrected chi connectivity index (χ0v) is 13.0. The lowest BCUT2D eigenvalue weighted by Gasteiger charge is -2.34. The van der Waals surface area contributed by atoms with Crippen LogP contribution in [0.15, 0.2) is 16.6 Å². The van der Waals surface area contributed by atoms with Gasteiger partial charge >= 0.3 is 0 Å². The molecule has 0 spiro atoms. The summed E-state index contributed by atoms with van der Waals surface area (Å²) in [6.45, 7) is 1.61. The molecule has 1 aliphatic heterocycles. The van der Waals surface area contributed by atoms with Crippen LogP contribution in [-0.4, -0.2) is 24.9 Å². The van der Waals surface area contributed by atoms with Crippen LogP contribution in [0.2, 0.25) is 0 Å². The third kappa shape index (κ3) is 2.32. The average molecular weight is 342 g/mol. The van der Waals surface area contributed by atoms with Crippen LogP contribution >= 0.6 is 15.9 Å². The molecule has 1 saturated carbocycles. The highest BCUT2D eigenvalue weighted by molar-refractivity contribution is 9.10. The van der Waals surface area contributed by atoms with E-state index < -0.39 is 6.10 Å². The minimum absolute atomic E-state index is 0.191. The Kier molecular flexibility index (Phi) is 3.93. The maximum Gasteiger partial charge on any atom is 0.175 e. The lowest BCUT2D eigenvalue weighted by molar-refractivity contribution is 0.0328. The van der Waals surface area contributed by atoms with Crippen molar-refractivity contribution in [3.8, 4) is 11.5 Å². The quantitative estimate of drug-likeness (QED) is 0.887. The average Bonchev–Trinajstić information content (AvgIpc) is 2.96. The molecular weight excluding hydrogens is 322 g/mol. The summed E-state index contributed by atoms with van der Waals surface area (Å²) < 4.78 is 12.0. The first-order valence-electron chi connectivity index (χ1n) is 7.13. The van der Waals surface area contributed by atoms with Gasteiger partial charge in [0.1, 0.15) is 13.2 Å². The first kappa shape index (κ1) is 14.2. The van der Waals surface area contributed by atoms with Crippen LogP contribution in [0.4, 0.5) is 0 Å². The molecule has 1 fully saturated rings. The SMILES string of the molecule is NCC1(C(O)c2cc(Br)c3c(c2)OCCO3)CCCC1. The van der Waals surface area contributed by atoms with Crippen molar-refractivity contribution < 1.29 is 14.6 Å². The fourth-order valence-corrected chi connectivity index (χ4v) is 3.88. The predicted molar refractivity (Wildman–Crippen MR) is 80.0 cm³/mol. The second-order valence-corrected chi connectivity index (χ2v) is 6.56. The highest BCUT2D eigenvalue weighted by Gasteiger charge is 2.40. The fraction of sp³-hybridized carbons (Fsp3) is 0.600. The van der Waals surface area contributed by atoms with Gasteiger partial charge < -0.3 is 20.3 Å². The largest absolute Gasteiger partial charge is 0.486 e. The van der Waals surface area contributed by atoms with Gasteiger partial charge in [-0.2, -0.15) is 0 Å². The molecule has 110 valence electrons. The van der Waals surface area contributed by atoms with E-state index >= 15 is 0 Å². The predicted octanol–water partition coefficient (Wildman–Crippen LogP) is 2.77. The van der Waals surface area contributed by atoms with Gasteiger partial charge in [-0.25, -0.2) is 0 Å². The molecule has 5 heteroatoms. The van der Waals surface area contributed by atoms with E-state index in [1.165, 1.54) is 0 Å². The number of benzene rings is 1. The standard InChI is InChI=1S/C15H20BrNO3/c16-11-7-10(8-12-13(11)20-6-5-19-12)14(18)15(9-17)3-1-2-4-15/h7-8,14,18H,1-6,9,17H2. The van der Waals surface area contributed by atoms with Gasteiger partial charge in [0.15, 0.2) is 11.5 Å². The van der Waals surface area contributed by atoms with E-state index in [9.17, 15) is 5.11 Å². The third-order valence-corrected chi connectivity index (χ3v) is 5.11. The Bertz CT molecular complexity index is 500. The van der Waals surface area contributed by atoms with Crippen LogP contribution < -0.4 is 15.2 Å². The summed E-state index contributed by atoms with van der Waals surface area (Å²) in [7, 11) is 0. The van der Waals surface area contributed by atoms with Crippen molar-refractivity contribution >= 4 is 15.9 Å². The Balaban J connectivity index is 1.95. The maximum absolute atomic E-state index is 10.8. The summed E-state index contributed by atoms with van der Waals surface area (Å²) in [5, 5.41) is 10.8. The molecule has 1 aromatic rings. The lowest BCUT2D eigenvalue weighted by Crippen LogP contribution is -2.34. The van der Waals surface area contributed by atoms with Gasteiger partial charge in [-0.3, -0.25) is 0 Å². The van der Waals surface area contributed by atoms with E-state index in [-0.39, 0.29) is 5.41 Å². The van der Waals surface area contributed by atoms with Gasteiger partial charge in [-0.1, -0.05) is 12.8 Å². The Morgan fingerprint density at radius 1 is 1.25 bits per heavy atom. The number of ether oxygens (including phenoxy) is 2. The molecular formula is C15H20BrNO3. The molecule has 2 aliphatic rings. The maximum atomic E-state index is 10.8. The Morgan fingerprint density at radius 2 is 1.95 bits per heavy atom. The van der Waals surface area contributed by atoms with E-state index in [2.05, 4.69) is 15.9 Å². The number of hydrogen-bond donors (Lipinski definition) is 2. The van der Waals surface area contributed by atoms with Crippen molar-refractivity contribution in [1.29, 1.82) is 0 Å². The highest BCUT2D eigenvalue weighted by atomic mass is 79.9. The lowest BCUT2D eigenvalue weighted by atomic mass is 9.77. The van der Waals surface area contributed by atoms with E-state index in [1.54, 1.807) is 0 Å². The number of aliphatic hydroxyl groups excluding tert-OH is 1. The molecule has 1 aliphatic carbocycles. The van der Waals surface area contributed by atoms with E-state index in [0.717, 1.165) is 41.5 Å². The minimum Gasteiger partial charge on any atom is -0.486 e. The number of nitrogens with two attached hydrogens (primary N) is 1. The summed E-state index contributed by atoms with van der Waals surface area (Å²) in [4.78, 5) is 0. The van der Waals surface area contributed by atoms with Crippen molar-refractivity contribution in [2.45, 2.75) is 31.8 Å². The first-order chi connectivity index (χ1) is 9.66. The highest BCUT2D eigenvalue weighted by Crippen LogP contribution is 2.49. The van der Waals surface area contributed by atoms with Crippen molar-refractivity contribution in [3.05, 3.63) is 22.2 Å². The molecule has 4 nitrogen and oxygen atoms in total. The molecule has 1 heterocycles. The molecule has 0 bridgehead atoms. The van der Waals surface area contributed by atoms with Gasteiger partial charge in [-0.15, -0.1) is 0 Å². The smallest absolute Gasteiger partial charge is 0.175 e. The summed E-state index contributed by atoms with van der Waals surface area (Å²) >= 11 is 3.50. The molecule has 0 aromatic heterocycles. The summed E-state index contributed by atoms with van der Waals surface area (Å²) in [6, 6.07) is 3.81. The number of rotatable bonds is 3. The molecule has 3 N–H and O–H groups in total. The summed E-state index contributed by atoms with van der Waals surface area (Å²) in [5.41, 5.74) is 6.62. The van der Waals surface area contributed by atoms with Crippen LogP contribution in [0.5, 0.6) is 11.5 Å². The molecule has 0 radical (unpaired) electrons. The number of hydrogen-bond acceptors (Lipinski definition) is 4. The van der Waals surface area contributed by atoms with Crippen molar-refractivity contribution in [2.75, 3.05) is 19.8 Å². The van der Waals surface area contributed by atoms with Crippen molar-refractivity contribution in [3.63, 3.8) is 0 Å². The van der Waals surface area contributed by atoms with Crippen molar-refractivity contribution in [2.24, 2.45) is 11.1 Å². The van der Waals surface area contributed by atoms with Gasteiger partial charge in [-0.05, 0) is 46.5 Å². The fourth-order valence-electron chi connectivity index (χ4n) is 3.31. The Morgan fingerprint density at radius 3 is 2.65 bits per heavy atom. The van der Waals surface area contributed by atoms with Gasteiger partial charge in [0.25, 0.3) is 0 Å². The third-order valence-electron chi connectivity index (χ3n) is 4.52. The number of aliphatic hydroxyl groups is 1. The number of halogens is 1. The van der Waals surface area contributed by atoms with Crippen LogP contribution in [0.3, 0.4) is 0 Å². The molecule has 0 amide bonds. The van der Waals surface area contributed by atoms with Gasteiger partial charge in [0.05, 0.1) is 10.6 Å². The zero-order valence-electron chi connectivity index (χ0n) is 11.4. The summed E-state index contributed by atoms with van der Waals surface area (Å²) in [6.07, 6.45) is 3.69. The molecule has 1 atom stereocenters. The monoisotopic (exact) mass is 341 g/mol.